The van der Waals surface area contributed by atoms with Gasteiger partial charge in [-0.3, -0.25) is 20.3 Å². The number of alkyl carbamates (subject to hydrolysis) is 1. The molecule has 252 valence electrons. The Bertz CT molecular complexity index is 1490. The molecule has 2 aliphatic heterocycles. The van der Waals surface area contributed by atoms with Gasteiger partial charge in [-0.1, -0.05) is 36.4 Å². The van der Waals surface area contributed by atoms with Gasteiger partial charge in [-0.15, -0.1) is 0 Å². The van der Waals surface area contributed by atoms with Gasteiger partial charge >= 0.3 is 12.2 Å². The number of carbonyl (C=O) groups excluding carboxylic acids is 3. The second-order valence-electron chi connectivity index (χ2n) is 12.4. The number of nitro groups is 1. The second kappa shape index (κ2) is 14.9. The summed E-state index contributed by atoms with van der Waals surface area (Å²) in [7, 11) is 0. The van der Waals surface area contributed by atoms with Gasteiger partial charge in [0.15, 0.2) is 5.84 Å². The molecule has 0 saturated carbocycles. The molecule has 15 nitrogen and oxygen atoms in total. The molecule has 15 heteroatoms. The first kappa shape index (κ1) is 34.7. The smallest absolute Gasteiger partial charge is 0.444 e. The number of ether oxygens (including phenoxy) is 4. The lowest BCUT2D eigenvalue weighted by molar-refractivity contribution is -0.419. The average molecular weight is 653 g/mol. The van der Waals surface area contributed by atoms with Crippen LogP contribution in [0.4, 0.5) is 9.59 Å². The summed E-state index contributed by atoms with van der Waals surface area (Å²) < 4.78 is 22.0. The van der Waals surface area contributed by atoms with E-state index in [4.69, 9.17) is 18.9 Å². The molecule has 3 aliphatic rings. The van der Waals surface area contributed by atoms with E-state index in [1.807, 2.05) is 36.4 Å². The Labute approximate surface area is 272 Å². The number of nitrogens with one attached hydrogen (secondary N) is 3. The highest BCUT2D eigenvalue weighted by atomic mass is 16.7. The van der Waals surface area contributed by atoms with Gasteiger partial charge < -0.3 is 34.5 Å². The molecule has 2 unspecified atom stereocenters. The van der Waals surface area contributed by atoms with Gasteiger partial charge in [0.25, 0.3) is 5.70 Å². The predicted molar refractivity (Wildman–Crippen MR) is 170 cm³/mol. The van der Waals surface area contributed by atoms with Crippen LogP contribution in [-0.4, -0.2) is 76.5 Å². The first-order chi connectivity index (χ1) is 22.2. The lowest BCUT2D eigenvalue weighted by Crippen LogP contribution is -2.60. The van der Waals surface area contributed by atoms with E-state index in [9.17, 15) is 24.5 Å². The fourth-order valence-electron chi connectivity index (χ4n) is 4.66. The van der Waals surface area contributed by atoms with Crippen LogP contribution in [0.2, 0.25) is 0 Å². The van der Waals surface area contributed by atoms with Crippen molar-refractivity contribution in [3.8, 4) is 0 Å². The third-order valence-corrected chi connectivity index (χ3v) is 6.96. The van der Waals surface area contributed by atoms with Gasteiger partial charge in [0, 0.05) is 12.5 Å². The number of allylic oxidation sites excluding steroid dienone is 3. The average Bonchev–Trinajstić information content (AvgIpc) is 3.44. The first-order valence-corrected chi connectivity index (χ1v) is 15.0. The normalized spacial score (nSPS) is 19.3. The molecule has 0 spiro atoms. The molecule has 0 radical (unpaired) electrons. The van der Waals surface area contributed by atoms with E-state index in [0.717, 1.165) is 5.56 Å². The Morgan fingerprint density at radius 3 is 2.53 bits per heavy atom. The fraction of sp³-hybridized carbons (Fsp3) is 0.438. The molecule has 1 aromatic rings. The fourth-order valence-corrected chi connectivity index (χ4v) is 4.66. The molecular weight excluding hydrogens is 612 g/mol. The molecule has 1 aliphatic carbocycles. The number of nitrogens with zero attached hydrogens (tertiary/aromatic N) is 3. The molecule has 2 amide bonds. The molecule has 0 saturated heterocycles. The van der Waals surface area contributed by atoms with Gasteiger partial charge in [-0.25, -0.2) is 9.59 Å². The van der Waals surface area contributed by atoms with Crippen LogP contribution >= 0.6 is 0 Å². The number of amides is 2. The van der Waals surface area contributed by atoms with Gasteiger partial charge in [0.2, 0.25) is 5.91 Å². The predicted octanol–water partition coefficient (Wildman–Crippen LogP) is 3.63. The maximum Gasteiger partial charge on any atom is 0.509 e. The third-order valence-electron chi connectivity index (χ3n) is 6.96. The molecule has 0 fully saturated rings. The van der Waals surface area contributed by atoms with Crippen molar-refractivity contribution in [3.63, 3.8) is 0 Å². The van der Waals surface area contributed by atoms with Gasteiger partial charge in [0.05, 0.1) is 23.8 Å². The van der Waals surface area contributed by atoms with Crippen LogP contribution < -0.4 is 16.1 Å². The quantitative estimate of drug-likeness (QED) is 0.170. The SMILES string of the molecule is CC(C)(C)OC(=O)NC(C)(C)C(=O)N[C@H](COCc1ccccc1)C1=NNC2C=CC=C(COC(=O)OC3C=CC([N+](=O)[O-])=CC3)N12. The highest BCUT2D eigenvalue weighted by Crippen LogP contribution is 2.23. The summed E-state index contributed by atoms with van der Waals surface area (Å²) >= 11 is 0. The number of hydrogen-bond donors (Lipinski definition) is 3. The topological polar surface area (TPSA) is 183 Å². The standard InChI is InChI=1S/C32H40N6O9/c1-31(2,3)47-29(40)34-32(4,5)28(39)33-25(20-44-18-21-10-7-6-8-11-21)27-36-35-26-13-9-12-23(37(26)27)19-45-30(41)46-24-16-14-22(15-17-24)38(42)43/h6-16,24-26,35H,17-20H2,1-5H3,(H,33,39)(H,34,40)/t24?,25-,26?/m1/s1. The van der Waals surface area contributed by atoms with Crippen molar-refractivity contribution in [1.29, 1.82) is 0 Å². The van der Waals surface area contributed by atoms with Crippen molar-refractivity contribution in [1.82, 2.24) is 21.0 Å². The lowest BCUT2D eigenvalue weighted by atomic mass is 10.0. The van der Waals surface area contributed by atoms with Crippen molar-refractivity contribution in [2.75, 3.05) is 13.2 Å². The highest BCUT2D eigenvalue weighted by molar-refractivity contribution is 5.97. The van der Waals surface area contributed by atoms with Crippen molar-refractivity contribution >= 4 is 24.0 Å². The van der Waals surface area contributed by atoms with Crippen molar-refractivity contribution in [2.45, 2.75) is 77.1 Å². The zero-order chi connectivity index (χ0) is 34.2. The van der Waals surface area contributed by atoms with E-state index in [1.165, 1.54) is 18.2 Å². The summed E-state index contributed by atoms with van der Waals surface area (Å²) in [5.74, 6) is -0.139. The number of rotatable bonds is 12. The summed E-state index contributed by atoms with van der Waals surface area (Å²) in [6, 6.07) is 8.71. The van der Waals surface area contributed by atoms with Crippen LogP contribution in [0.3, 0.4) is 0 Å². The van der Waals surface area contributed by atoms with Gasteiger partial charge in [0.1, 0.15) is 36.1 Å². The van der Waals surface area contributed by atoms with Crippen LogP contribution in [0.1, 0.15) is 46.6 Å². The molecule has 3 atom stereocenters. The van der Waals surface area contributed by atoms with E-state index in [2.05, 4.69) is 21.2 Å². The molecule has 0 aromatic heterocycles. The number of amidine groups is 1. The minimum atomic E-state index is -1.37. The molecule has 1 aromatic carbocycles. The number of hydrogen-bond acceptors (Lipinski definition) is 12. The maximum absolute atomic E-state index is 13.6. The van der Waals surface area contributed by atoms with Crippen molar-refractivity contribution < 1.29 is 38.3 Å². The summed E-state index contributed by atoms with van der Waals surface area (Å²) in [6.07, 6.45) is 6.70. The lowest BCUT2D eigenvalue weighted by Gasteiger charge is -2.34. The van der Waals surface area contributed by atoms with E-state index >= 15 is 0 Å². The number of carbonyl (C=O) groups is 3. The molecule has 4 rings (SSSR count). The van der Waals surface area contributed by atoms with Crippen LogP contribution in [0.5, 0.6) is 0 Å². The van der Waals surface area contributed by atoms with E-state index < -0.39 is 52.5 Å². The van der Waals surface area contributed by atoms with Gasteiger partial charge in [-0.05, 0) is 64.5 Å². The van der Waals surface area contributed by atoms with E-state index in [1.54, 1.807) is 51.7 Å². The van der Waals surface area contributed by atoms with Gasteiger partial charge in [-0.2, -0.15) is 5.10 Å². The van der Waals surface area contributed by atoms with Crippen LogP contribution in [0.25, 0.3) is 0 Å². The maximum atomic E-state index is 13.6. The minimum absolute atomic E-state index is 0.0143. The Hall–Kier alpha value is -5.18. The first-order valence-electron chi connectivity index (χ1n) is 15.0. The molecule has 0 bridgehead atoms. The third kappa shape index (κ3) is 9.90. The Morgan fingerprint density at radius 2 is 1.87 bits per heavy atom. The summed E-state index contributed by atoms with van der Waals surface area (Å²) in [4.78, 5) is 50.8. The minimum Gasteiger partial charge on any atom is -0.444 e. The number of fused-ring (bicyclic) bond motifs is 1. The summed E-state index contributed by atoms with van der Waals surface area (Å²) in [5.41, 5.74) is 2.27. The molecule has 3 N–H and O–H groups in total. The molecular formula is C32H40N6O9. The second-order valence-corrected chi connectivity index (χ2v) is 12.4. The van der Waals surface area contributed by atoms with E-state index in [0.29, 0.717) is 11.5 Å². The highest BCUT2D eigenvalue weighted by Gasteiger charge is 2.39. The number of hydrazone groups is 1. The van der Waals surface area contributed by atoms with E-state index in [-0.39, 0.29) is 31.9 Å². The zero-order valence-corrected chi connectivity index (χ0v) is 26.9. The largest absolute Gasteiger partial charge is 0.509 e. The Morgan fingerprint density at radius 1 is 1.13 bits per heavy atom. The van der Waals surface area contributed by atoms with Crippen LogP contribution in [0.15, 0.2) is 83.3 Å². The van der Waals surface area contributed by atoms with Crippen molar-refractivity contribution in [2.24, 2.45) is 5.10 Å². The van der Waals surface area contributed by atoms with Crippen LogP contribution in [0, 0.1) is 10.1 Å². The zero-order valence-electron chi connectivity index (χ0n) is 26.9. The summed E-state index contributed by atoms with van der Waals surface area (Å²) in [5, 5.41) is 21.0. The monoisotopic (exact) mass is 652 g/mol. The Balaban J connectivity index is 1.44. The summed E-state index contributed by atoms with van der Waals surface area (Å²) in [6.45, 7) is 8.35. The Kier molecular flexibility index (Phi) is 11.0. The molecule has 47 heavy (non-hydrogen) atoms. The molecule has 2 heterocycles. The van der Waals surface area contributed by atoms with Crippen molar-refractivity contribution in [3.05, 3.63) is 93.9 Å². The van der Waals surface area contributed by atoms with Crippen LogP contribution in [-0.2, 0) is 30.3 Å². The number of benzene rings is 1.